The second-order valence-electron chi connectivity index (χ2n) is 13.8. The van der Waals surface area contributed by atoms with Crippen LogP contribution in [0.5, 0.6) is 5.75 Å². The first-order valence-electron chi connectivity index (χ1n) is 16.1. The quantitative estimate of drug-likeness (QED) is 0.218. The first-order chi connectivity index (χ1) is 21.9. The van der Waals surface area contributed by atoms with Crippen LogP contribution in [-0.2, 0) is 29.0 Å². The fraction of sp³-hybridized carbons (Fsp3) is 0.472. The number of aromatic nitrogens is 1. The highest BCUT2D eigenvalue weighted by molar-refractivity contribution is 5.83. The summed E-state index contributed by atoms with van der Waals surface area (Å²) in [4.78, 5) is 35.9. The molecule has 2 aromatic carbocycles. The maximum absolute atomic E-state index is 13.8. The van der Waals surface area contributed by atoms with Crippen molar-refractivity contribution < 1.29 is 24.9 Å². The van der Waals surface area contributed by atoms with E-state index in [1.165, 1.54) is 0 Å². The topological polar surface area (TPSA) is 138 Å². The van der Waals surface area contributed by atoms with E-state index in [9.17, 15) is 24.9 Å². The Kier molecular flexibility index (Phi) is 10.7. The molecule has 3 aromatic rings. The third-order valence-corrected chi connectivity index (χ3v) is 8.80. The zero-order chi connectivity index (χ0) is 32.8. The number of carbonyl (C=O) groups excluding carboxylic acids is 2. The molecule has 2 amide bonds. The van der Waals surface area contributed by atoms with Crippen LogP contribution in [0.3, 0.4) is 0 Å². The molecule has 10 heteroatoms. The highest BCUT2D eigenvalue weighted by Gasteiger charge is 2.37. The third-order valence-electron chi connectivity index (χ3n) is 8.80. The summed E-state index contributed by atoms with van der Waals surface area (Å²) >= 11 is 0. The van der Waals surface area contributed by atoms with Gasteiger partial charge in [0.25, 0.3) is 0 Å². The van der Waals surface area contributed by atoms with Gasteiger partial charge in [0, 0.05) is 63.0 Å². The number of aromatic hydroxyl groups is 1. The second-order valence-corrected chi connectivity index (χ2v) is 13.8. The molecule has 1 aliphatic carbocycles. The number of amides is 2. The first kappa shape index (κ1) is 33.5. The molecule has 5 atom stereocenters. The van der Waals surface area contributed by atoms with Crippen molar-refractivity contribution in [1.82, 2.24) is 25.4 Å². The number of phenols is 1. The molecule has 5 N–H and O–H groups in total. The van der Waals surface area contributed by atoms with Crippen LogP contribution in [-0.4, -0.2) is 91.9 Å². The van der Waals surface area contributed by atoms with Crippen LogP contribution in [0, 0.1) is 5.92 Å². The Hall–Kier alpha value is -3.83. The van der Waals surface area contributed by atoms with Crippen LogP contribution in [0.1, 0.15) is 55.5 Å². The minimum Gasteiger partial charge on any atom is -0.508 e. The normalized spacial score (nSPS) is 21.7. The van der Waals surface area contributed by atoms with E-state index in [1.54, 1.807) is 30.5 Å². The molecule has 0 radical (unpaired) electrons. The summed E-state index contributed by atoms with van der Waals surface area (Å²) < 4.78 is 0. The molecular weight excluding hydrogens is 582 g/mol. The summed E-state index contributed by atoms with van der Waals surface area (Å²) in [6.45, 7) is 8.56. The molecule has 10 nitrogen and oxygen atoms in total. The number of phenolic OH excluding ortho intramolecular Hbond substituents is 1. The number of rotatable bonds is 11. The first-order valence-corrected chi connectivity index (χ1v) is 16.1. The van der Waals surface area contributed by atoms with E-state index in [0.717, 1.165) is 28.8 Å². The summed E-state index contributed by atoms with van der Waals surface area (Å²) in [5.74, 6) is -0.815. The smallest absolute Gasteiger partial charge is 0.239 e. The molecule has 5 rings (SSSR count). The molecule has 0 spiro atoms. The lowest BCUT2D eigenvalue weighted by Gasteiger charge is -2.42. The van der Waals surface area contributed by atoms with Gasteiger partial charge in [-0.1, -0.05) is 42.5 Å². The molecule has 1 saturated heterocycles. The van der Waals surface area contributed by atoms with E-state index in [2.05, 4.69) is 20.5 Å². The molecular formula is C36H47N5O5. The molecule has 5 unspecified atom stereocenters. The number of pyridine rings is 1. The Morgan fingerprint density at radius 1 is 1.02 bits per heavy atom. The molecule has 46 heavy (non-hydrogen) atoms. The maximum atomic E-state index is 13.8. The molecule has 1 aromatic heterocycles. The van der Waals surface area contributed by atoms with Crippen LogP contribution in [0.25, 0.3) is 0 Å². The molecule has 1 aliphatic heterocycles. The summed E-state index contributed by atoms with van der Waals surface area (Å²) in [6.07, 6.45) is 2.95. The average Bonchev–Trinajstić information content (AvgIpc) is 3.32. The number of aliphatic hydroxyl groups excluding tert-OH is 2. The zero-order valence-corrected chi connectivity index (χ0v) is 27.0. The number of nitrogens with zero attached hydrogens (tertiary/aromatic N) is 3. The highest BCUT2D eigenvalue weighted by atomic mass is 16.3. The molecule has 246 valence electrons. The minimum atomic E-state index is -0.886. The summed E-state index contributed by atoms with van der Waals surface area (Å²) in [6, 6.07) is 17.4. The number of piperazine rings is 1. The van der Waals surface area contributed by atoms with Crippen molar-refractivity contribution >= 4 is 11.8 Å². The van der Waals surface area contributed by atoms with Crippen molar-refractivity contribution in [2.24, 2.45) is 5.92 Å². The fourth-order valence-corrected chi connectivity index (χ4v) is 6.58. The summed E-state index contributed by atoms with van der Waals surface area (Å²) in [5, 5.41) is 38.2. The van der Waals surface area contributed by atoms with Gasteiger partial charge >= 0.3 is 0 Å². The number of aliphatic hydroxyl groups is 2. The van der Waals surface area contributed by atoms with Gasteiger partial charge in [0.15, 0.2) is 0 Å². The van der Waals surface area contributed by atoms with Crippen molar-refractivity contribution in [3.05, 3.63) is 95.3 Å². The fourth-order valence-electron chi connectivity index (χ4n) is 6.58. The predicted octanol–water partition coefficient (Wildman–Crippen LogP) is 2.57. The van der Waals surface area contributed by atoms with Gasteiger partial charge in [-0.25, -0.2) is 0 Å². The van der Waals surface area contributed by atoms with Gasteiger partial charge in [0.05, 0.1) is 18.2 Å². The predicted molar refractivity (Wildman–Crippen MR) is 176 cm³/mol. The SMILES string of the molecule is CC(C)(C)NC(=O)C1CN(Cc2cccnc2)CCN1CC(O)CC(Cc1ccc(O)cc1)C(=O)NC1c2ccccc2CC1O. The van der Waals surface area contributed by atoms with Gasteiger partial charge in [0.1, 0.15) is 11.8 Å². The van der Waals surface area contributed by atoms with Crippen LogP contribution < -0.4 is 10.6 Å². The number of fused-ring (bicyclic) bond motifs is 1. The van der Waals surface area contributed by atoms with Gasteiger partial charge in [0.2, 0.25) is 11.8 Å². The van der Waals surface area contributed by atoms with E-state index < -0.39 is 35.7 Å². The lowest BCUT2D eigenvalue weighted by Crippen LogP contribution is -2.61. The number of nitrogens with one attached hydrogen (secondary N) is 2. The van der Waals surface area contributed by atoms with Crippen LogP contribution >= 0.6 is 0 Å². The monoisotopic (exact) mass is 629 g/mol. The number of benzene rings is 2. The van der Waals surface area contributed by atoms with Crippen LogP contribution in [0.2, 0.25) is 0 Å². The minimum absolute atomic E-state index is 0.0946. The lowest BCUT2D eigenvalue weighted by atomic mass is 9.91. The van der Waals surface area contributed by atoms with E-state index >= 15 is 0 Å². The largest absolute Gasteiger partial charge is 0.508 e. The standard InChI is InChI=1S/C36H47N5O5/c1-36(2,3)39-35(46)31-23-40(21-25-7-6-14-37-20-25)15-16-41(31)22-29(43)18-27(17-24-10-12-28(42)13-11-24)34(45)38-33-30-9-5-4-8-26(30)19-32(33)44/h4-14,20,27,29,31-33,42-44H,15-19,21-23H2,1-3H3,(H,38,45)(H,39,46). The number of carbonyl (C=O) groups is 2. The maximum Gasteiger partial charge on any atom is 0.239 e. The number of hydrogen-bond acceptors (Lipinski definition) is 8. The Bertz CT molecular complexity index is 1460. The van der Waals surface area contributed by atoms with Crippen molar-refractivity contribution in [3.63, 3.8) is 0 Å². The molecule has 0 saturated carbocycles. The van der Waals surface area contributed by atoms with Crippen LogP contribution in [0.15, 0.2) is 73.1 Å². The summed E-state index contributed by atoms with van der Waals surface area (Å²) in [7, 11) is 0. The van der Waals surface area contributed by atoms with E-state index in [1.807, 2.05) is 68.3 Å². The Labute approximate surface area is 271 Å². The average molecular weight is 630 g/mol. The molecule has 2 heterocycles. The van der Waals surface area contributed by atoms with Gasteiger partial charge in [-0.2, -0.15) is 0 Å². The Morgan fingerprint density at radius 2 is 1.78 bits per heavy atom. The van der Waals surface area contributed by atoms with Gasteiger partial charge in [-0.15, -0.1) is 0 Å². The van der Waals surface area contributed by atoms with Gasteiger partial charge < -0.3 is 26.0 Å². The van der Waals surface area contributed by atoms with Crippen molar-refractivity contribution in [1.29, 1.82) is 0 Å². The number of β-amino-alcohol motifs (C(OH)–C–C–N with tert-alkyl or cyclic N) is 1. The number of hydrogen-bond donors (Lipinski definition) is 5. The lowest BCUT2D eigenvalue weighted by molar-refractivity contribution is -0.132. The van der Waals surface area contributed by atoms with Gasteiger partial charge in [-0.3, -0.25) is 24.4 Å². The Morgan fingerprint density at radius 3 is 2.50 bits per heavy atom. The van der Waals surface area contributed by atoms with Crippen molar-refractivity contribution in [2.45, 2.75) is 76.4 Å². The zero-order valence-electron chi connectivity index (χ0n) is 27.0. The highest BCUT2D eigenvalue weighted by Crippen LogP contribution is 2.32. The second kappa shape index (κ2) is 14.7. The van der Waals surface area contributed by atoms with E-state index in [-0.39, 0.29) is 30.5 Å². The van der Waals surface area contributed by atoms with Crippen molar-refractivity contribution in [2.75, 3.05) is 26.2 Å². The van der Waals surface area contributed by atoms with Crippen molar-refractivity contribution in [3.8, 4) is 5.75 Å². The third kappa shape index (κ3) is 8.91. The van der Waals surface area contributed by atoms with Gasteiger partial charge in [-0.05, 0) is 74.1 Å². The molecule has 2 aliphatic rings. The van der Waals surface area contributed by atoms with E-state index in [0.29, 0.717) is 32.5 Å². The summed E-state index contributed by atoms with van der Waals surface area (Å²) in [5.41, 5.74) is 3.43. The Balaban J connectivity index is 1.30. The van der Waals surface area contributed by atoms with E-state index in [4.69, 9.17) is 0 Å². The van der Waals surface area contributed by atoms with Crippen LogP contribution in [0.4, 0.5) is 0 Å². The molecule has 0 bridgehead atoms. The molecule has 1 fully saturated rings.